The number of nitrogen functional groups attached to an aromatic ring is 3. The number of carbonyl (C=O) groups excluding carboxylic acids is 3. The molecule has 3 aliphatic heterocycles. The van der Waals surface area contributed by atoms with Gasteiger partial charge in [0.15, 0.2) is 56.9 Å². The number of aromatic nitrogens is 12. The number of fused-ring (bicyclic) bond motifs is 3. The van der Waals surface area contributed by atoms with Crippen molar-refractivity contribution in [2.45, 2.75) is 186 Å². The SMILES string of the molecule is CCOC(=O)N1CCCCC1CCCl.CCOC(=O)N1CCCCC1CC[n+]1c(Sc2cc(OC)ccc2OC)[nH]c2c(N)ncnc21.CCOC(=O)N1CCCCC1CCn1c(Sc2cc(OC)ccc2OC)nc2c(N)ncnc21.CN(C)C(=NC(C)(C)C)N(C)C.COc1ccc(OC)c(Sc2nc3ncnc(N)c3[nH]2)c1. The number of aromatic amines is 2. The number of hydrogen-bond acceptors (Lipinski definition) is 27. The smallest absolute Gasteiger partial charge is 0.409 e. The fourth-order valence-corrected chi connectivity index (χ4v) is 16.4. The summed E-state index contributed by atoms with van der Waals surface area (Å²) in [5.41, 5.74) is 21.8. The number of aryl methyl sites for hydroxylation is 2. The highest BCUT2D eigenvalue weighted by Gasteiger charge is 2.33. The number of nitrogens with one attached hydrogen (secondary N) is 2. The van der Waals surface area contributed by atoms with Gasteiger partial charge in [0.25, 0.3) is 5.16 Å². The first kappa shape index (κ1) is 90.5. The quantitative estimate of drug-likeness (QED) is 0.0130. The number of piperidine rings is 3. The Morgan fingerprint density at radius 3 is 1.46 bits per heavy atom. The molecule has 8 N–H and O–H groups in total. The number of nitrogens with zero attached hydrogens (tertiary/aromatic N) is 16. The van der Waals surface area contributed by atoms with Crippen LogP contribution in [0.4, 0.5) is 31.8 Å². The molecule has 3 aliphatic rings. The predicted molar refractivity (Wildman–Crippen MR) is 449 cm³/mol. The summed E-state index contributed by atoms with van der Waals surface area (Å²) in [6, 6.07) is 17.3. The van der Waals surface area contributed by atoms with Crippen LogP contribution in [0, 0.1) is 0 Å². The molecule has 12 rings (SSSR count). The second-order valence-electron chi connectivity index (χ2n) is 27.9. The van der Waals surface area contributed by atoms with Gasteiger partial charge in [-0.25, -0.2) is 53.8 Å². The molecule has 115 heavy (non-hydrogen) atoms. The van der Waals surface area contributed by atoms with Crippen molar-refractivity contribution >= 4 is 122 Å². The molecule has 6 aromatic heterocycles. The van der Waals surface area contributed by atoms with Crippen molar-refractivity contribution in [3.8, 4) is 34.5 Å². The molecule has 3 amide bonds. The van der Waals surface area contributed by atoms with E-state index < -0.39 is 0 Å². The van der Waals surface area contributed by atoms with E-state index in [1.807, 2.05) is 133 Å². The molecule has 0 radical (unpaired) electrons. The lowest BCUT2D eigenvalue weighted by Crippen LogP contribution is -2.47. The first-order valence-electron chi connectivity index (χ1n) is 38.3. The highest BCUT2D eigenvalue weighted by atomic mass is 35.5. The molecule has 3 atom stereocenters. The number of imidazole rings is 3. The standard InChI is InChI=1S/2C23H30N6O4S.C13H13N5O2S.C10H18ClNO2.C9H21N3/c2*1-4-33-23(30)28-11-6-5-7-15(28)10-12-29-21-19(20(24)25-14-26-21)27-22(29)34-18-13-16(31-2)8-9-17(18)32-3;1-19-7-3-4-8(20-2)9(5-7)21-13-17-10-11(14)15-6-16-12(10)18-13;1-2-14-10(13)12-8-4-3-5-9(12)6-7-11;1-9(2,3)10-8(11(4)5)12(6)7/h2*8-9,13-15H,4-7,10-12H2,1-3H3,(H2,24,25,26);3-6H,1-2H3,(H3,14,15,16,17,18);9H,2-8H2,1H3;1-7H3/p+1. The van der Waals surface area contributed by atoms with Crippen molar-refractivity contribution in [1.82, 2.24) is 78.9 Å². The van der Waals surface area contributed by atoms with Crippen molar-refractivity contribution in [3.05, 3.63) is 73.6 Å². The first-order chi connectivity index (χ1) is 55.3. The maximum absolute atomic E-state index is 12.5. The van der Waals surface area contributed by atoms with Crippen LogP contribution >= 0.6 is 46.9 Å². The van der Waals surface area contributed by atoms with Crippen LogP contribution in [0.3, 0.4) is 0 Å². The summed E-state index contributed by atoms with van der Waals surface area (Å²) in [4.78, 5) is 94.1. The zero-order valence-electron chi connectivity index (χ0n) is 68.9. The number of carbonyl (C=O) groups is 3. The number of likely N-dealkylation sites (tertiary alicyclic amines) is 3. The average molecular weight is 1670 g/mol. The molecule has 0 saturated carbocycles. The lowest BCUT2D eigenvalue weighted by atomic mass is 10.00. The highest BCUT2D eigenvalue weighted by molar-refractivity contribution is 7.99. The van der Waals surface area contributed by atoms with E-state index in [4.69, 9.17) is 76.4 Å². The minimum atomic E-state index is -0.245. The Morgan fingerprint density at radius 1 is 0.557 bits per heavy atom. The fourth-order valence-electron chi connectivity index (χ4n) is 13.1. The van der Waals surface area contributed by atoms with E-state index in [9.17, 15) is 14.4 Å². The van der Waals surface area contributed by atoms with Crippen LogP contribution in [-0.2, 0) is 27.3 Å². The molecule has 3 unspecified atom stereocenters. The number of halogens is 1. The van der Waals surface area contributed by atoms with Crippen molar-refractivity contribution < 1.29 is 61.6 Å². The number of aliphatic imine (C=N–C) groups is 1. The number of rotatable bonds is 23. The number of hydrogen-bond donors (Lipinski definition) is 5. The third kappa shape index (κ3) is 25.2. The van der Waals surface area contributed by atoms with Gasteiger partial charge in [0, 0.05) is 78.4 Å². The zero-order valence-corrected chi connectivity index (χ0v) is 72.1. The van der Waals surface area contributed by atoms with Gasteiger partial charge in [0.1, 0.15) is 52.7 Å². The van der Waals surface area contributed by atoms with Crippen molar-refractivity contribution in [3.63, 3.8) is 0 Å². The highest BCUT2D eigenvalue weighted by Crippen LogP contribution is 2.41. The number of ether oxygens (including phenoxy) is 9. The van der Waals surface area contributed by atoms with Crippen LogP contribution < -0.4 is 50.2 Å². The van der Waals surface area contributed by atoms with E-state index in [0.717, 1.165) is 144 Å². The van der Waals surface area contributed by atoms with E-state index >= 15 is 0 Å². The van der Waals surface area contributed by atoms with Crippen molar-refractivity contribution in [1.29, 1.82) is 0 Å². The Hall–Kier alpha value is -10.1. The Labute approximate surface area is 690 Å². The molecule has 3 saturated heterocycles. The molecule has 0 bridgehead atoms. The lowest BCUT2D eigenvalue weighted by molar-refractivity contribution is -0.711. The second kappa shape index (κ2) is 44.7. The number of anilines is 3. The van der Waals surface area contributed by atoms with Gasteiger partial charge >= 0.3 is 23.9 Å². The fraction of sp³-hybridized carbons (Fsp3) is 0.526. The van der Waals surface area contributed by atoms with Gasteiger partial charge in [-0.3, -0.25) is 4.98 Å². The number of amides is 3. The largest absolute Gasteiger partial charge is 0.497 e. The van der Waals surface area contributed by atoms with Crippen LogP contribution in [-0.4, -0.2) is 243 Å². The van der Waals surface area contributed by atoms with E-state index in [1.54, 1.807) is 42.7 Å². The summed E-state index contributed by atoms with van der Waals surface area (Å²) in [7, 11) is 17.8. The van der Waals surface area contributed by atoms with Crippen LogP contribution in [0.15, 0.2) is 109 Å². The van der Waals surface area contributed by atoms with Gasteiger partial charge in [0.2, 0.25) is 5.52 Å². The predicted octanol–water partition coefficient (Wildman–Crippen LogP) is 13.4. The maximum atomic E-state index is 12.5. The van der Waals surface area contributed by atoms with Crippen LogP contribution in [0.2, 0.25) is 0 Å². The van der Waals surface area contributed by atoms with Gasteiger partial charge in [-0.05, 0) is 208 Å². The Kier molecular flexibility index (Phi) is 35.2. The van der Waals surface area contributed by atoms with Crippen LogP contribution in [0.25, 0.3) is 33.5 Å². The molecule has 37 heteroatoms. The molecule has 626 valence electrons. The summed E-state index contributed by atoms with van der Waals surface area (Å²) < 4.78 is 52.2. The van der Waals surface area contributed by atoms with Crippen molar-refractivity contribution in [2.24, 2.45) is 4.99 Å². The van der Waals surface area contributed by atoms with Gasteiger partial charge in [0.05, 0.1) is 89.2 Å². The minimum Gasteiger partial charge on any atom is -0.497 e. The lowest BCUT2D eigenvalue weighted by Gasteiger charge is -2.35. The van der Waals surface area contributed by atoms with Gasteiger partial charge in [-0.1, -0.05) is 4.98 Å². The minimum absolute atomic E-state index is 0.0100. The number of H-pyrrole nitrogens is 2. The topological polar surface area (TPSA) is 384 Å². The van der Waals surface area contributed by atoms with Gasteiger partial charge < -0.3 is 93.9 Å². The number of guanidine groups is 1. The van der Waals surface area contributed by atoms with Crippen LogP contribution in [0.5, 0.6) is 34.5 Å². The third-order valence-electron chi connectivity index (χ3n) is 18.6. The molecule has 3 fully saturated rings. The summed E-state index contributed by atoms with van der Waals surface area (Å²) >= 11 is 10.1. The summed E-state index contributed by atoms with van der Waals surface area (Å²) in [5, 5.41) is 2.21. The van der Waals surface area contributed by atoms with Crippen molar-refractivity contribution in [2.75, 3.05) is 133 Å². The zero-order chi connectivity index (χ0) is 83.3. The molecule has 3 aromatic carbocycles. The molecule has 33 nitrogen and oxygen atoms in total. The van der Waals surface area contributed by atoms with Gasteiger partial charge in [-0.2, -0.15) is 4.98 Å². The first-order valence-corrected chi connectivity index (χ1v) is 41.3. The number of nitrogens with two attached hydrogens (primary N) is 3. The normalized spacial score (nSPS) is 15.2. The van der Waals surface area contributed by atoms with E-state index in [1.165, 1.54) is 60.7 Å². The monoisotopic (exact) mass is 1670 g/mol. The summed E-state index contributed by atoms with van der Waals surface area (Å²) in [6.07, 6.45) is 15.4. The van der Waals surface area contributed by atoms with E-state index in [0.29, 0.717) is 113 Å². The maximum Gasteiger partial charge on any atom is 0.409 e. The molecule has 0 aliphatic carbocycles. The van der Waals surface area contributed by atoms with Gasteiger partial charge in [-0.15, -0.1) is 11.6 Å². The number of benzene rings is 3. The van der Waals surface area contributed by atoms with Crippen LogP contribution in [0.1, 0.15) is 119 Å². The Bertz CT molecular complexity index is 4450. The molecule has 9 aromatic rings. The number of alkyl halides is 1. The Balaban J connectivity index is 0.000000190. The Morgan fingerprint density at radius 2 is 1.01 bits per heavy atom. The van der Waals surface area contributed by atoms with E-state index in [-0.39, 0.29) is 35.9 Å². The third-order valence-corrected chi connectivity index (χ3v) is 21.8. The second-order valence-corrected chi connectivity index (χ2v) is 31.4. The average Bonchev–Trinajstić information content (AvgIpc) is 1.65. The molecule has 0 spiro atoms. The summed E-state index contributed by atoms with van der Waals surface area (Å²) in [5.74, 6) is 7.08. The molecule has 9 heterocycles. The van der Waals surface area contributed by atoms with E-state index in [2.05, 4.69) is 75.2 Å². The summed E-state index contributed by atoms with van der Waals surface area (Å²) in [6.45, 7) is 16.5. The number of methoxy groups -OCH3 is 6. The molecular formula is C78H113ClN21O12S3+. The molecular weight excluding hydrogens is 1550 g/mol.